The van der Waals surface area contributed by atoms with E-state index in [1.165, 1.54) is 4.90 Å². The molecule has 2 fully saturated rings. The molecule has 2 N–H and O–H groups in total. The first-order valence-electron chi connectivity index (χ1n) is 7.22. The Morgan fingerprint density at radius 2 is 1.86 bits per heavy atom. The molecule has 8 nitrogen and oxygen atoms in total. The number of carbonyl (C=O) groups is 3. The van der Waals surface area contributed by atoms with Gasteiger partial charge in [0.25, 0.3) is 0 Å². The maximum atomic E-state index is 12.0. The van der Waals surface area contributed by atoms with E-state index in [0.29, 0.717) is 6.61 Å². The second kappa shape index (κ2) is 7.26. The number of nitrogens with zero attached hydrogens (tertiary/aromatic N) is 2. The number of ether oxygens (including phenoxy) is 1. The van der Waals surface area contributed by atoms with Crippen LogP contribution in [-0.2, 0) is 14.3 Å². The van der Waals surface area contributed by atoms with Gasteiger partial charge in [-0.3, -0.25) is 4.79 Å². The van der Waals surface area contributed by atoms with Crippen molar-refractivity contribution in [1.29, 1.82) is 0 Å². The zero-order chi connectivity index (χ0) is 15.2. The molecule has 1 atom stereocenters. The topological polar surface area (TPSA) is 99.2 Å². The number of urea groups is 1. The fraction of sp³-hybridized carbons (Fsp3) is 0.769. The molecule has 2 saturated heterocycles. The highest BCUT2D eigenvalue weighted by molar-refractivity contribution is 5.87. The Hall–Kier alpha value is -1.83. The minimum atomic E-state index is -1.10. The molecule has 118 valence electrons. The summed E-state index contributed by atoms with van der Waals surface area (Å²) in [6, 6.07) is -1.53. The number of likely N-dealkylation sites (tertiary alicyclic amines) is 1. The molecule has 0 aliphatic carbocycles. The van der Waals surface area contributed by atoms with Crippen LogP contribution in [0.3, 0.4) is 0 Å². The van der Waals surface area contributed by atoms with Gasteiger partial charge in [-0.15, -0.1) is 0 Å². The Balaban J connectivity index is 1.82. The quantitative estimate of drug-likeness (QED) is 0.731. The van der Waals surface area contributed by atoms with Crippen molar-refractivity contribution in [3.63, 3.8) is 0 Å². The molecule has 1 unspecified atom stereocenters. The van der Waals surface area contributed by atoms with Crippen LogP contribution >= 0.6 is 0 Å². The van der Waals surface area contributed by atoms with E-state index in [1.54, 1.807) is 4.90 Å². The number of carboxylic acids is 1. The zero-order valence-corrected chi connectivity index (χ0v) is 11.9. The van der Waals surface area contributed by atoms with Gasteiger partial charge in [0.2, 0.25) is 5.91 Å². The van der Waals surface area contributed by atoms with Gasteiger partial charge < -0.3 is 25.0 Å². The highest BCUT2D eigenvalue weighted by Crippen LogP contribution is 2.09. The van der Waals surface area contributed by atoms with Crippen LogP contribution in [0.2, 0.25) is 0 Å². The first-order chi connectivity index (χ1) is 10.1. The van der Waals surface area contributed by atoms with Crippen molar-refractivity contribution in [2.75, 3.05) is 39.4 Å². The van der Waals surface area contributed by atoms with E-state index in [2.05, 4.69) is 5.32 Å². The van der Waals surface area contributed by atoms with Gasteiger partial charge in [0.1, 0.15) is 0 Å². The lowest BCUT2D eigenvalue weighted by molar-refractivity contribution is -0.147. The van der Waals surface area contributed by atoms with Crippen LogP contribution in [0.5, 0.6) is 0 Å². The Morgan fingerprint density at radius 3 is 2.52 bits per heavy atom. The minimum Gasteiger partial charge on any atom is -0.480 e. The number of carbonyl (C=O) groups excluding carboxylic acids is 2. The van der Waals surface area contributed by atoms with Crippen molar-refractivity contribution in [3.05, 3.63) is 0 Å². The van der Waals surface area contributed by atoms with Gasteiger partial charge >= 0.3 is 12.0 Å². The average molecular weight is 299 g/mol. The molecular weight excluding hydrogens is 278 g/mol. The van der Waals surface area contributed by atoms with Gasteiger partial charge in [-0.1, -0.05) is 0 Å². The summed E-state index contributed by atoms with van der Waals surface area (Å²) in [5, 5.41) is 11.6. The maximum Gasteiger partial charge on any atom is 0.328 e. The summed E-state index contributed by atoms with van der Waals surface area (Å²) in [5.74, 6) is -1.23. The van der Waals surface area contributed by atoms with Crippen molar-refractivity contribution in [2.45, 2.75) is 25.3 Å². The summed E-state index contributed by atoms with van der Waals surface area (Å²) in [6.07, 6.45) is 3.11. The lowest BCUT2D eigenvalue weighted by Gasteiger charge is -2.33. The van der Waals surface area contributed by atoms with Gasteiger partial charge in [-0.2, -0.15) is 0 Å². The van der Waals surface area contributed by atoms with Crippen LogP contribution in [0.4, 0.5) is 4.79 Å². The molecular formula is C13H21N3O5. The lowest BCUT2D eigenvalue weighted by atomic mass is 10.1. The summed E-state index contributed by atoms with van der Waals surface area (Å²) >= 11 is 0. The summed E-state index contributed by atoms with van der Waals surface area (Å²) in [4.78, 5) is 38.0. The van der Waals surface area contributed by atoms with E-state index in [9.17, 15) is 14.4 Å². The Labute approximate surface area is 123 Å². The Bertz CT molecular complexity index is 409. The molecule has 2 aliphatic rings. The molecule has 0 spiro atoms. The summed E-state index contributed by atoms with van der Waals surface area (Å²) < 4.78 is 5.07. The van der Waals surface area contributed by atoms with E-state index in [-0.39, 0.29) is 25.6 Å². The van der Waals surface area contributed by atoms with Crippen LogP contribution in [0.25, 0.3) is 0 Å². The third-order valence-electron chi connectivity index (χ3n) is 3.77. The Kier molecular flexibility index (Phi) is 5.38. The maximum absolute atomic E-state index is 12.0. The second-order valence-corrected chi connectivity index (χ2v) is 5.22. The van der Waals surface area contributed by atoms with E-state index in [0.717, 1.165) is 32.4 Å². The zero-order valence-electron chi connectivity index (χ0n) is 11.9. The van der Waals surface area contributed by atoms with E-state index >= 15 is 0 Å². The smallest absolute Gasteiger partial charge is 0.328 e. The molecule has 3 amide bonds. The van der Waals surface area contributed by atoms with Crippen LogP contribution in [0.1, 0.15) is 19.3 Å². The third-order valence-corrected chi connectivity index (χ3v) is 3.77. The number of carboxylic acid groups (broad SMARTS) is 1. The van der Waals surface area contributed by atoms with Crippen molar-refractivity contribution in [3.8, 4) is 0 Å². The predicted molar refractivity (Wildman–Crippen MR) is 72.8 cm³/mol. The van der Waals surface area contributed by atoms with Gasteiger partial charge in [0, 0.05) is 19.6 Å². The highest BCUT2D eigenvalue weighted by atomic mass is 16.5. The number of rotatable bonds is 3. The van der Waals surface area contributed by atoms with Crippen molar-refractivity contribution in [1.82, 2.24) is 15.1 Å². The number of aliphatic carboxylic acids is 1. The lowest BCUT2D eigenvalue weighted by Crippen LogP contribution is -2.56. The van der Waals surface area contributed by atoms with Crippen molar-refractivity contribution in [2.24, 2.45) is 0 Å². The number of morpholine rings is 1. The van der Waals surface area contributed by atoms with E-state index in [4.69, 9.17) is 9.84 Å². The largest absolute Gasteiger partial charge is 0.480 e. The van der Waals surface area contributed by atoms with Gasteiger partial charge in [-0.05, 0) is 19.3 Å². The first kappa shape index (κ1) is 15.6. The number of piperidine rings is 1. The number of hydrogen-bond acceptors (Lipinski definition) is 4. The fourth-order valence-electron chi connectivity index (χ4n) is 2.56. The molecule has 0 aromatic carbocycles. The van der Waals surface area contributed by atoms with Crippen LogP contribution in [0.15, 0.2) is 0 Å². The van der Waals surface area contributed by atoms with Crippen LogP contribution in [-0.4, -0.2) is 78.2 Å². The normalized spacial score (nSPS) is 22.8. The molecule has 0 aromatic heterocycles. The van der Waals surface area contributed by atoms with Gasteiger partial charge in [-0.25, -0.2) is 9.59 Å². The van der Waals surface area contributed by atoms with E-state index in [1.807, 2.05) is 0 Å². The van der Waals surface area contributed by atoms with Crippen molar-refractivity contribution < 1.29 is 24.2 Å². The number of nitrogens with one attached hydrogen (secondary N) is 1. The second-order valence-electron chi connectivity index (χ2n) is 5.22. The van der Waals surface area contributed by atoms with Crippen LogP contribution < -0.4 is 5.32 Å². The van der Waals surface area contributed by atoms with Crippen LogP contribution in [0, 0.1) is 0 Å². The molecule has 0 bridgehead atoms. The molecule has 2 rings (SSSR count). The number of amides is 3. The minimum absolute atomic E-state index is 0.0250. The molecule has 21 heavy (non-hydrogen) atoms. The SMILES string of the molecule is O=C(O)C1COCCN1C(=O)NCC(=O)N1CCCCC1. The average Bonchev–Trinajstić information content (AvgIpc) is 2.53. The van der Waals surface area contributed by atoms with Gasteiger partial charge in [0.05, 0.1) is 19.8 Å². The van der Waals surface area contributed by atoms with Gasteiger partial charge in [0.15, 0.2) is 6.04 Å². The molecule has 0 saturated carbocycles. The van der Waals surface area contributed by atoms with Crippen molar-refractivity contribution >= 4 is 17.9 Å². The molecule has 2 aliphatic heterocycles. The number of hydrogen-bond donors (Lipinski definition) is 2. The summed E-state index contributed by atoms with van der Waals surface area (Å²) in [5.41, 5.74) is 0. The fourth-order valence-corrected chi connectivity index (χ4v) is 2.56. The first-order valence-corrected chi connectivity index (χ1v) is 7.22. The highest BCUT2D eigenvalue weighted by Gasteiger charge is 2.33. The summed E-state index contributed by atoms with van der Waals surface area (Å²) in [6.45, 7) is 1.84. The standard InChI is InChI=1S/C13H21N3O5/c17-11(15-4-2-1-3-5-15)8-14-13(20)16-6-7-21-9-10(16)12(18)19/h10H,1-9H2,(H,14,20)(H,18,19). The molecule has 0 aromatic rings. The monoisotopic (exact) mass is 299 g/mol. The molecule has 0 radical (unpaired) electrons. The van der Waals surface area contributed by atoms with E-state index < -0.39 is 18.0 Å². The Morgan fingerprint density at radius 1 is 1.14 bits per heavy atom. The molecule has 2 heterocycles. The third kappa shape index (κ3) is 4.07. The predicted octanol–water partition coefficient (Wildman–Crippen LogP) is -0.506. The molecule has 8 heteroatoms. The summed E-state index contributed by atoms with van der Waals surface area (Å²) in [7, 11) is 0.